The SMILES string of the molecule is CC(C)C(C)(CN)NC(=O)COc1ccc(I)cc1.Cl. The van der Waals surface area contributed by atoms with Crippen molar-refractivity contribution in [1.29, 1.82) is 0 Å². The molecule has 0 aliphatic carbocycles. The Morgan fingerprint density at radius 3 is 2.40 bits per heavy atom. The lowest BCUT2D eigenvalue weighted by atomic mass is 9.88. The molecule has 0 heterocycles. The Kier molecular flexibility index (Phi) is 8.46. The van der Waals surface area contributed by atoms with E-state index < -0.39 is 5.54 Å². The molecule has 1 unspecified atom stereocenters. The van der Waals surface area contributed by atoms with E-state index in [9.17, 15) is 4.79 Å². The van der Waals surface area contributed by atoms with Crippen molar-refractivity contribution in [2.75, 3.05) is 13.2 Å². The number of carbonyl (C=O) groups excluding carboxylic acids is 1. The summed E-state index contributed by atoms with van der Waals surface area (Å²) in [6.07, 6.45) is 0. The van der Waals surface area contributed by atoms with Gasteiger partial charge in [-0.2, -0.15) is 0 Å². The molecular weight excluding hydrogens is 391 g/mol. The zero-order valence-electron chi connectivity index (χ0n) is 12.0. The Labute approximate surface area is 140 Å². The van der Waals surface area contributed by atoms with Gasteiger partial charge in [0.15, 0.2) is 6.61 Å². The van der Waals surface area contributed by atoms with Crippen molar-refractivity contribution in [3.8, 4) is 5.75 Å². The van der Waals surface area contributed by atoms with E-state index in [1.54, 1.807) is 0 Å². The highest BCUT2D eigenvalue weighted by molar-refractivity contribution is 14.1. The van der Waals surface area contributed by atoms with E-state index in [2.05, 4.69) is 27.9 Å². The van der Waals surface area contributed by atoms with Crippen molar-refractivity contribution in [3.63, 3.8) is 0 Å². The lowest BCUT2D eigenvalue weighted by Crippen LogP contribution is -2.56. The third-order valence-corrected chi connectivity index (χ3v) is 4.03. The molecular formula is C14H22ClIN2O2. The van der Waals surface area contributed by atoms with E-state index in [-0.39, 0.29) is 30.8 Å². The second-order valence-electron chi connectivity index (χ2n) is 5.07. The van der Waals surface area contributed by atoms with Crippen molar-refractivity contribution in [1.82, 2.24) is 5.32 Å². The van der Waals surface area contributed by atoms with Gasteiger partial charge < -0.3 is 15.8 Å². The average Bonchev–Trinajstić information content (AvgIpc) is 2.37. The third kappa shape index (κ3) is 5.85. The van der Waals surface area contributed by atoms with Crippen molar-refractivity contribution >= 4 is 40.9 Å². The Morgan fingerprint density at radius 2 is 1.95 bits per heavy atom. The van der Waals surface area contributed by atoms with Crippen LogP contribution in [0.5, 0.6) is 5.75 Å². The van der Waals surface area contributed by atoms with Crippen LogP contribution in [-0.4, -0.2) is 24.6 Å². The van der Waals surface area contributed by atoms with Gasteiger partial charge in [-0.05, 0) is 59.7 Å². The molecule has 1 rings (SSSR count). The van der Waals surface area contributed by atoms with Gasteiger partial charge >= 0.3 is 0 Å². The zero-order valence-corrected chi connectivity index (χ0v) is 15.0. The number of ether oxygens (including phenoxy) is 1. The number of benzene rings is 1. The first-order valence-corrected chi connectivity index (χ1v) is 7.34. The molecule has 1 amide bonds. The van der Waals surface area contributed by atoms with Gasteiger partial charge in [0.2, 0.25) is 0 Å². The molecule has 20 heavy (non-hydrogen) atoms. The number of nitrogens with two attached hydrogens (primary N) is 1. The zero-order chi connectivity index (χ0) is 14.5. The minimum atomic E-state index is -0.396. The number of carbonyl (C=O) groups is 1. The van der Waals surface area contributed by atoms with Crippen molar-refractivity contribution in [2.45, 2.75) is 26.3 Å². The van der Waals surface area contributed by atoms with Gasteiger partial charge in [-0.1, -0.05) is 13.8 Å². The summed E-state index contributed by atoms with van der Waals surface area (Å²) in [7, 11) is 0. The Hall–Kier alpha value is -0.530. The summed E-state index contributed by atoms with van der Waals surface area (Å²) in [6.45, 7) is 6.42. The van der Waals surface area contributed by atoms with Crippen LogP contribution in [0.25, 0.3) is 0 Å². The van der Waals surface area contributed by atoms with Gasteiger partial charge in [0.1, 0.15) is 5.75 Å². The first kappa shape index (κ1) is 19.5. The van der Waals surface area contributed by atoms with Crippen molar-refractivity contribution < 1.29 is 9.53 Å². The summed E-state index contributed by atoms with van der Waals surface area (Å²) in [4.78, 5) is 11.9. The van der Waals surface area contributed by atoms with Crippen LogP contribution in [0.15, 0.2) is 24.3 Å². The Balaban J connectivity index is 0.00000361. The first-order valence-electron chi connectivity index (χ1n) is 6.27. The highest BCUT2D eigenvalue weighted by Crippen LogP contribution is 2.15. The molecule has 114 valence electrons. The molecule has 0 fully saturated rings. The first-order chi connectivity index (χ1) is 8.87. The van der Waals surface area contributed by atoms with Crippen LogP contribution in [0.2, 0.25) is 0 Å². The summed E-state index contributed by atoms with van der Waals surface area (Å²) in [6, 6.07) is 7.57. The van der Waals surface area contributed by atoms with E-state index >= 15 is 0 Å². The van der Waals surface area contributed by atoms with E-state index in [4.69, 9.17) is 10.5 Å². The molecule has 3 N–H and O–H groups in total. The minimum Gasteiger partial charge on any atom is -0.484 e. The molecule has 1 atom stereocenters. The summed E-state index contributed by atoms with van der Waals surface area (Å²) in [5.74, 6) is 0.800. The molecule has 1 aromatic carbocycles. The van der Waals surface area contributed by atoms with Gasteiger partial charge in [0.25, 0.3) is 5.91 Å². The number of hydrogen-bond donors (Lipinski definition) is 2. The summed E-state index contributed by atoms with van der Waals surface area (Å²) in [5, 5.41) is 2.93. The molecule has 0 aliphatic rings. The number of rotatable bonds is 6. The molecule has 4 nitrogen and oxygen atoms in total. The lowest BCUT2D eigenvalue weighted by Gasteiger charge is -2.33. The maximum Gasteiger partial charge on any atom is 0.258 e. The second-order valence-corrected chi connectivity index (χ2v) is 6.31. The smallest absolute Gasteiger partial charge is 0.258 e. The standard InChI is InChI=1S/C14H21IN2O2.ClH/c1-10(2)14(3,9-16)17-13(18)8-19-12-6-4-11(15)5-7-12;/h4-7,10H,8-9,16H2,1-3H3,(H,17,18);1H. The van der Waals surface area contributed by atoms with Crippen molar-refractivity contribution in [3.05, 3.63) is 27.8 Å². The van der Waals surface area contributed by atoms with Crippen LogP contribution in [0.1, 0.15) is 20.8 Å². The third-order valence-electron chi connectivity index (χ3n) is 3.31. The van der Waals surface area contributed by atoms with Crippen LogP contribution >= 0.6 is 35.0 Å². The molecule has 0 bridgehead atoms. The topological polar surface area (TPSA) is 64.3 Å². The second kappa shape index (κ2) is 8.69. The molecule has 6 heteroatoms. The molecule has 0 saturated carbocycles. The Morgan fingerprint density at radius 1 is 1.40 bits per heavy atom. The monoisotopic (exact) mass is 412 g/mol. The number of hydrogen-bond acceptors (Lipinski definition) is 3. The largest absolute Gasteiger partial charge is 0.484 e. The molecule has 0 aliphatic heterocycles. The van der Waals surface area contributed by atoms with E-state index in [0.717, 1.165) is 3.57 Å². The van der Waals surface area contributed by atoms with Crippen molar-refractivity contribution in [2.24, 2.45) is 11.7 Å². The highest BCUT2D eigenvalue weighted by atomic mass is 127. The summed E-state index contributed by atoms with van der Waals surface area (Å²) < 4.78 is 6.57. The van der Waals surface area contributed by atoms with E-state index in [0.29, 0.717) is 12.3 Å². The normalized spacial score (nSPS) is 13.3. The lowest BCUT2D eigenvalue weighted by molar-refractivity contribution is -0.125. The minimum absolute atomic E-state index is 0. The highest BCUT2D eigenvalue weighted by Gasteiger charge is 2.28. The number of nitrogens with one attached hydrogen (secondary N) is 1. The van der Waals surface area contributed by atoms with Crippen LogP contribution in [0.3, 0.4) is 0 Å². The fraction of sp³-hybridized carbons (Fsp3) is 0.500. The van der Waals surface area contributed by atoms with Crippen LogP contribution in [0, 0.1) is 9.49 Å². The van der Waals surface area contributed by atoms with Crippen LogP contribution < -0.4 is 15.8 Å². The summed E-state index contributed by atoms with van der Waals surface area (Å²) >= 11 is 2.22. The van der Waals surface area contributed by atoms with Crippen LogP contribution in [-0.2, 0) is 4.79 Å². The van der Waals surface area contributed by atoms with E-state index in [1.165, 1.54) is 0 Å². The maximum absolute atomic E-state index is 11.9. The van der Waals surface area contributed by atoms with Gasteiger partial charge in [0.05, 0.1) is 5.54 Å². The average molecular weight is 413 g/mol. The van der Waals surface area contributed by atoms with Gasteiger partial charge in [-0.15, -0.1) is 12.4 Å². The van der Waals surface area contributed by atoms with Gasteiger partial charge in [-0.25, -0.2) is 0 Å². The molecule has 0 aromatic heterocycles. The fourth-order valence-corrected chi connectivity index (χ4v) is 1.82. The van der Waals surface area contributed by atoms with E-state index in [1.807, 2.05) is 45.0 Å². The number of halogens is 2. The summed E-state index contributed by atoms with van der Waals surface area (Å²) in [5.41, 5.74) is 5.33. The fourth-order valence-electron chi connectivity index (χ4n) is 1.47. The van der Waals surface area contributed by atoms with Crippen LogP contribution in [0.4, 0.5) is 0 Å². The molecule has 0 saturated heterocycles. The molecule has 1 aromatic rings. The van der Waals surface area contributed by atoms with Gasteiger partial charge in [-0.3, -0.25) is 4.79 Å². The number of amides is 1. The maximum atomic E-state index is 11.9. The van der Waals surface area contributed by atoms with Gasteiger partial charge in [0, 0.05) is 10.1 Å². The molecule has 0 radical (unpaired) electrons. The molecule has 0 spiro atoms. The quantitative estimate of drug-likeness (QED) is 0.706. The predicted molar refractivity (Wildman–Crippen MR) is 92.3 cm³/mol. The Bertz CT molecular complexity index is 426. The predicted octanol–water partition coefficient (Wildman–Crippen LogP) is 2.58.